The number of nitrogens with zero attached hydrogens (tertiary/aromatic N) is 2. The lowest BCUT2D eigenvalue weighted by Gasteiger charge is -2.19. The van der Waals surface area contributed by atoms with E-state index in [1.807, 2.05) is 12.3 Å². The molecule has 0 aromatic carbocycles. The lowest BCUT2D eigenvalue weighted by atomic mass is 9.99. The van der Waals surface area contributed by atoms with Gasteiger partial charge in [-0.05, 0) is 25.5 Å². The maximum Gasteiger partial charge on any atom is 0.325 e. The Hall–Kier alpha value is -2.48. The molecular weight excluding hydrogens is 274 g/mol. The molecule has 0 spiro atoms. The number of pyridine rings is 1. The van der Waals surface area contributed by atoms with Gasteiger partial charge in [0.05, 0.1) is 12.2 Å². The van der Waals surface area contributed by atoms with Crippen molar-refractivity contribution in [1.82, 2.24) is 20.6 Å². The molecule has 1 unspecified atom stereocenters. The van der Waals surface area contributed by atoms with Crippen LogP contribution >= 0.6 is 0 Å². The summed E-state index contributed by atoms with van der Waals surface area (Å²) in [6, 6.07) is 4.29. The van der Waals surface area contributed by atoms with Gasteiger partial charge in [0.2, 0.25) is 0 Å². The van der Waals surface area contributed by atoms with Gasteiger partial charge in [-0.3, -0.25) is 19.9 Å². The molecule has 4 N–H and O–H groups in total. The molecule has 1 aromatic heterocycles. The number of nitrogen functional groups attached to an aromatic ring is 1. The topological polar surface area (TPSA) is 117 Å². The van der Waals surface area contributed by atoms with Gasteiger partial charge in [-0.2, -0.15) is 0 Å². The van der Waals surface area contributed by atoms with Gasteiger partial charge in [-0.1, -0.05) is 13.0 Å². The van der Waals surface area contributed by atoms with Gasteiger partial charge in [0.15, 0.2) is 0 Å². The van der Waals surface area contributed by atoms with Crippen molar-refractivity contribution in [2.24, 2.45) is 5.84 Å². The minimum absolute atomic E-state index is 0.00590. The summed E-state index contributed by atoms with van der Waals surface area (Å²) in [4.78, 5) is 40.8. The smallest absolute Gasteiger partial charge is 0.323 e. The highest BCUT2D eigenvalue weighted by Crippen LogP contribution is 2.22. The molecule has 1 atom stereocenters. The van der Waals surface area contributed by atoms with Crippen LogP contribution in [-0.2, 0) is 11.3 Å². The first-order valence-electron chi connectivity index (χ1n) is 6.52. The average Bonchev–Trinajstić information content (AvgIpc) is 2.71. The molecule has 0 bridgehead atoms. The molecule has 112 valence electrons. The molecule has 4 amide bonds. The highest BCUT2D eigenvalue weighted by molar-refractivity contribution is 6.06. The van der Waals surface area contributed by atoms with E-state index in [9.17, 15) is 14.4 Å². The monoisotopic (exact) mass is 291 g/mol. The zero-order valence-corrected chi connectivity index (χ0v) is 11.8. The number of hydrazine groups is 1. The third kappa shape index (κ3) is 2.70. The number of amides is 4. The summed E-state index contributed by atoms with van der Waals surface area (Å²) in [5, 5.41) is 2.66. The zero-order valence-electron chi connectivity index (χ0n) is 11.8. The molecule has 8 heteroatoms. The lowest BCUT2D eigenvalue weighted by molar-refractivity contribution is -0.131. The number of aromatic nitrogens is 1. The van der Waals surface area contributed by atoms with Crippen LogP contribution in [-0.4, -0.2) is 33.3 Å². The summed E-state index contributed by atoms with van der Waals surface area (Å²) in [6.07, 6.45) is 0.497. The molecule has 2 rings (SSSR count). The summed E-state index contributed by atoms with van der Waals surface area (Å²) < 4.78 is 0. The van der Waals surface area contributed by atoms with Crippen molar-refractivity contribution in [3.8, 4) is 0 Å². The van der Waals surface area contributed by atoms with Crippen LogP contribution in [0.2, 0.25) is 0 Å². The Labute approximate surface area is 121 Å². The molecule has 0 aliphatic carbocycles. The molecule has 1 aliphatic heterocycles. The molecule has 0 radical (unpaired) electrons. The van der Waals surface area contributed by atoms with Crippen LogP contribution in [0.1, 0.15) is 36.5 Å². The number of carbonyl (C=O) groups excluding carboxylic acids is 3. The van der Waals surface area contributed by atoms with Crippen molar-refractivity contribution in [2.75, 3.05) is 0 Å². The molecule has 21 heavy (non-hydrogen) atoms. The predicted octanol–water partition coefficient (Wildman–Crippen LogP) is -0.0944. The highest BCUT2D eigenvalue weighted by Gasteiger charge is 2.46. The van der Waals surface area contributed by atoms with E-state index >= 15 is 0 Å². The minimum Gasteiger partial charge on any atom is -0.323 e. The predicted molar refractivity (Wildman–Crippen MR) is 73.7 cm³/mol. The van der Waals surface area contributed by atoms with Gasteiger partial charge < -0.3 is 5.32 Å². The van der Waals surface area contributed by atoms with Crippen LogP contribution in [0.25, 0.3) is 0 Å². The van der Waals surface area contributed by atoms with Crippen molar-refractivity contribution in [1.29, 1.82) is 0 Å². The van der Waals surface area contributed by atoms with Crippen LogP contribution in [0, 0.1) is 0 Å². The van der Waals surface area contributed by atoms with E-state index in [0.29, 0.717) is 12.1 Å². The summed E-state index contributed by atoms with van der Waals surface area (Å²) in [6.45, 7) is 3.51. The first-order valence-corrected chi connectivity index (χ1v) is 6.52. The van der Waals surface area contributed by atoms with Gasteiger partial charge in [-0.25, -0.2) is 15.6 Å². The minimum atomic E-state index is -0.886. The van der Waals surface area contributed by atoms with E-state index in [1.165, 1.54) is 6.07 Å². The average molecular weight is 291 g/mol. The Balaban J connectivity index is 2.21. The van der Waals surface area contributed by atoms with Crippen molar-refractivity contribution < 1.29 is 14.4 Å². The Bertz CT molecular complexity index is 603. The number of nitrogens with two attached hydrogens (primary N) is 1. The first kappa shape index (κ1) is 14.9. The second-order valence-electron chi connectivity index (χ2n) is 4.99. The summed E-state index contributed by atoms with van der Waals surface area (Å²) in [7, 11) is 0. The van der Waals surface area contributed by atoms with Gasteiger partial charge in [0.25, 0.3) is 11.8 Å². The lowest BCUT2D eigenvalue weighted by Crippen LogP contribution is -2.43. The van der Waals surface area contributed by atoms with Crippen molar-refractivity contribution in [3.63, 3.8) is 0 Å². The SMILES string of the molecule is CCC1(C)NC(=O)N(Cc2cccc(C(=O)NN)n2)C1=O. The van der Waals surface area contributed by atoms with E-state index in [2.05, 4.69) is 10.3 Å². The molecule has 1 aromatic rings. The fraction of sp³-hybridized carbons (Fsp3) is 0.385. The number of hydrogen-bond acceptors (Lipinski definition) is 5. The van der Waals surface area contributed by atoms with Crippen LogP contribution in [0.5, 0.6) is 0 Å². The van der Waals surface area contributed by atoms with Gasteiger partial charge >= 0.3 is 6.03 Å². The first-order chi connectivity index (χ1) is 9.91. The quantitative estimate of drug-likeness (QED) is 0.310. The van der Waals surface area contributed by atoms with E-state index in [1.54, 1.807) is 19.1 Å². The maximum atomic E-state index is 12.3. The van der Waals surface area contributed by atoms with Crippen LogP contribution in [0.15, 0.2) is 18.2 Å². The fourth-order valence-corrected chi connectivity index (χ4v) is 2.06. The number of imide groups is 1. The Morgan fingerprint density at radius 1 is 1.48 bits per heavy atom. The molecule has 1 aliphatic rings. The van der Waals surface area contributed by atoms with Crippen molar-refractivity contribution in [2.45, 2.75) is 32.4 Å². The summed E-state index contributed by atoms with van der Waals surface area (Å²) in [5.74, 6) is 4.21. The zero-order chi connectivity index (χ0) is 15.6. The second-order valence-corrected chi connectivity index (χ2v) is 4.99. The Morgan fingerprint density at radius 2 is 2.19 bits per heavy atom. The largest absolute Gasteiger partial charge is 0.325 e. The second kappa shape index (κ2) is 5.49. The third-order valence-electron chi connectivity index (χ3n) is 3.54. The third-order valence-corrected chi connectivity index (χ3v) is 3.54. The standard InChI is InChI=1S/C13H17N5O3/c1-3-13(2)11(20)18(12(21)16-13)7-8-5-4-6-9(15-8)10(19)17-14/h4-6H,3,7,14H2,1-2H3,(H,16,21)(H,17,19). The van der Waals surface area contributed by atoms with E-state index in [0.717, 1.165) is 4.90 Å². The molecule has 2 heterocycles. The van der Waals surface area contributed by atoms with Crippen molar-refractivity contribution >= 4 is 17.8 Å². The number of urea groups is 1. The molecule has 1 fully saturated rings. The highest BCUT2D eigenvalue weighted by atomic mass is 16.2. The van der Waals surface area contributed by atoms with Gasteiger partial charge in [-0.15, -0.1) is 0 Å². The van der Waals surface area contributed by atoms with Crippen LogP contribution in [0.3, 0.4) is 0 Å². The summed E-state index contributed by atoms with van der Waals surface area (Å²) >= 11 is 0. The summed E-state index contributed by atoms with van der Waals surface area (Å²) in [5.41, 5.74) is 1.65. The van der Waals surface area contributed by atoms with Gasteiger partial charge in [0, 0.05) is 0 Å². The molecule has 1 saturated heterocycles. The van der Waals surface area contributed by atoms with E-state index in [-0.39, 0.29) is 18.1 Å². The van der Waals surface area contributed by atoms with Gasteiger partial charge in [0.1, 0.15) is 11.2 Å². The normalized spacial score (nSPS) is 21.4. The van der Waals surface area contributed by atoms with Crippen molar-refractivity contribution in [3.05, 3.63) is 29.6 Å². The number of rotatable bonds is 4. The number of carbonyl (C=O) groups is 3. The van der Waals surface area contributed by atoms with Crippen LogP contribution < -0.4 is 16.6 Å². The number of hydrogen-bond donors (Lipinski definition) is 3. The Morgan fingerprint density at radius 3 is 2.76 bits per heavy atom. The number of nitrogens with one attached hydrogen (secondary N) is 2. The maximum absolute atomic E-state index is 12.3. The Kier molecular flexibility index (Phi) is 3.90. The molecule has 0 saturated carbocycles. The molecule has 8 nitrogen and oxygen atoms in total. The van der Waals surface area contributed by atoms with E-state index in [4.69, 9.17) is 5.84 Å². The molecular formula is C13H17N5O3. The fourth-order valence-electron chi connectivity index (χ4n) is 2.06. The van der Waals surface area contributed by atoms with E-state index < -0.39 is 17.5 Å². The van der Waals surface area contributed by atoms with Crippen LogP contribution in [0.4, 0.5) is 4.79 Å².